The number of carbonyl (C=O) groups is 1. The van der Waals surface area contributed by atoms with Gasteiger partial charge in [0.15, 0.2) is 0 Å². The lowest BCUT2D eigenvalue weighted by molar-refractivity contribution is -0.143. The lowest BCUT2D eigenvalue weighted by Gasteiger charge is -2.17. The van der Waals surface area contributed by atoms with Crippen LogP contribution in [-0.4, -0.2) is 38.9 Å². The predicted molar refractivity (Wildman–Crippen MR) is 76.6 cm³/mol. The number of nitrogens with zero attached hydrogens (tertiary/aromatic N) is 2. The second kappa shape index (κ2) is 7.06. The molecular weight excluding hydrogens is 294 g/mol. The van der Waals surface area contributed by atoms with E-state index in [2.05, 4.69) is 0 Å². The smallest absolute Gasteiger partial charge is 0.307 e. The molecule has 0 fully saturated rings. The van der Waals surface area contributed by atoms with Crippen LogP contribution in [0, 0.1) is 11.3 Å². The summed E-state index contributed by atoms with van der Waals surface area (Å²) in [4.78, 5) is 11.1. The van der Waals surface area contributed by atoms with Crippen molar-refractivity contribution in [2.75, 3.05) is 25.9 Å². The molecular formula is C13H17N3O4S. The zero-order chi connectivity index (χ0) is 16.0. The first-order valence-corrected chi connectivity index (χ1v) is 7.68. The highest BCUT2D eigenvalue weighted by molar-refractivity contribution is 7.89. The summed E-state index contributed by atoms with van der Waals surface area (Å²) in [6.07, 6.45) is -0.0551. The summed E-state index contributed by atoms with van der Waals surface area (Å²) in [6, 6.07) is 5.79. The molecule has 0 saturated carbocycles. The third-order valence-corrected chi connectivity index (χ3v) is 4.66. The molecule has 0 bridgehead atoms. The van der Waals surface area contributed by atoms with E-state index in [0.29, 0.717) is 5.69 Å². The summed E-state index contributed by atoms with van der Waals surface area (Å²) < 4.78 is 30.5. The lowest BCUT2D eigenvalue weighted by atomic mass is 10.2. The molecule has 8 heteroatoms. The van der Waals surface area contributed by atoms with Crippen LogP contribution in [0.4, 0.5) is 5.69 Å². The Kier molecular flexibility index (Phi) is 5.69. The summed E-state index contributed by atoms with van der Waals surface area (Å²) in [5.74, 6) is -0.475. The fraction of sp³-hybridized carbons (Fsp3) is 0.385. The minimum absolute atomic E-state index is 0.0296. The normalized spacial score (nSPS) is 11.1. The van der Waals surface area contributed by atoms with E-state index in [9.17, 15) is 13.2 Å². The first-order chi connectivity index (χ1) is 9.82. The fourth-order valence-corrected chi connectivity index (χ4v) is 2.92. The van der Waals surface area contributed by atoms with Crippen LogP contribution < -0.4 is 5.73 Å². The molecule has 0 aliphatic heterocycles. The van der Waals surface area contributed by atoms with Crippen LogP contribution in [0.3, 0.4) is 0 Å². The van der Waals surface area contributed by atoms with Crippen LogP contribution in [0.5, 0.6) is 0 Å². The van der Waals surface area contributed by atoms with Crippen LogP contribution in [0.15, 0.2) is 23.1 Å². The van der Waals surface area contributed by atoms with Gasteiger partial charge in [0.25, 0.3) is 0 Å². The van der Waals surface area contributed by atoms with Crippen LogP contribution >= 0.6 is 0 Å². The van der Waals surface area contributed by atoms with E-state index < -0.39 is 16.0 Å². The largest absolute Gasteiger partial charge is 0.466 e. The van der Waals surface area contributed by atoms with Crippen molar-refractivity contribution in [3.05, 3.63) is 23.8 Å². The Morgan fingerprint density at radius 2 is 2.14 bits per heavy atom. The number of carbonyl (C=O) groups excluding carboxylic acids is 1. The predicted octanol–water partition coefficient (Wildman–Crippen LogP) is 0.714. The maximum atomic E-state index is 12.4. The number of sulfonamides is 1. The molecule has 0 atom stereocenters. The van der Waals surface area contributed by atoms with Crippen LogP contribution in [-0.2, 0) is 19.6 Å². The van der Waals surface area contributed by atoms with Gasteiger partial charge < -0.3 is 10.5 Å². The number of nitrogen functional groups attached to an aromatic ring is 1. The molecule has 0 saturated heterocycles. The molecule has 0 aliphatic carbocycles. The number of nitrogens with two attached hydrogens (primary N) is 1. The van der Waals surface area contributed by atoms with Gasteiger partial charge in [-0.3, -0.25) is 4.79 Å². The third-order valence-electron chi connectivity index (χ3n) is 2.75. The Morgan fingerprint density at radius 3 is 2.71 bits per heavy atom. The molecule has 0 heterocycles. The van der Waals surface area contributed by atoms with Crippen molar-refractivity contribution >= 4 is 21.7 Å². The third kappa shape index (κ3) is 4.18. The molecule has 1 aromatic carbocycles. The van der Waals surface area contributed by atoms with E-state index in [-0.39, 0.29) is 30.0 Å². The van der Waals surface area contributed by atoms with Gasteiger partial charge in [-0.05, 0) is 25.1 Å². The van der Waals surface area contributed by atoms with E-state index in [4.69, 9.17) is 15.7 Å². The second-order valence-electron chi connectivity index (χ2n) is 4.25. The Hall–Kier alpha value is -2.11. The number of hydrogen-bond donors (Lipinski definition) is 1. The Labute approximate surface area is 124 Å². The highest BCUT2D eigenvalue weighted by Gasteiger charge is 2.24. The highest BCUT2D eigenvalue weighted by Crippen LogP contribution is 2.21. The molecule has 0 spiro atoms. The van der Waals surface area contributed by atoms with Crippen molar-refractivity contribution in [2.24, 2.45) is 0 Å². The summed E-state index contributed by atoms with van der Waals surface area (Å²) in [5.41, 5.74) is 5.81. The number of ether oxygens (including phenoxy) is 1. The van der Waals surface area contributed by atoms with Gasteiger partial charge in [-0.1, -0.05) is 0 Å². The minimum Gasteiger partial charge on any atom is -0.466 e. The summed E-state index contributed by atoms with van der Waals surface area (Å²) in [5, 5.41) is 9.01. The molecule has 1 aromatic rings. The molecule has 1 rings (SSSR count). The number of nitriles is 1. The zero-order valence-electron chi connectivity index (χ0n) is 11.9. The summed E-state index contributed by atoms with van der Waals surface area (Å²) >= 11 is 0. The molecule has 0 radical (unpaired) electrons. The van der Waals surface area contributed by atoms with Crippen molar-refractivity contribution in [3.8, 4) is 6.07 Å². The van der Waals surface area contributed by atoms with Crippen LogP contribution in [0.25, 0.3) is 0 Å². The van der Waals surface area contributed by atoms with E-state index in [1.54, 1.807) is 13.0 Å². The van der Waals surface area contributed by atoms with Crippen molar-refractivity contribution < 1.29 is 17.9 Å². The van der Waals surface area contributed by atoms with Crippen LogP contribution in [0.1, 0.15) is 18.9 Å². The van der Waals surface area contributed by atoms with Gasteiger partial charge in [0.05, 0.1) is 18.6 Å². The zero-order valence-corrected chi connectivity index (χ0v) is 12.7. The maximum absolute atomic E-state index is 12.4. The average molecular weight is 311 g/mol. The van der Waals surface area contributed by atoms with Crippen molar-refractivity contribution in [1.29, 1.82) is 5.26 Å². The minimum atomic E-state index is -3.86. The monoisotopic (exact) mass is 311 g/mol. The fourth-order valence-electron chi connectivity index (χ4n) is 1.63. The first-order valence-electron chi connectivity index (χ1n) is 6.24. The Morgan fingerprint density at radius 1 is 1.48 bits per heavy atom. The van der Waals surface area contributed by atoms with Gasteiger partial charge in [0, 0.05) is 19.3 Å². The van der Waals surface area contributed by atoms with Gasteiger partial charge in [0.2, 0.25) is 10.0 Å². The van der Waals surface area contributed by atoms with Crippen molar-refractivity contribution in [3.63, 3.8) is 0 Å². The SMILES string of the molecule is CCOC(=O)CCN(C)S(=O)(=O)c1ccc(N)cc1C#N. The molecule has 0 unspecified atom stereocenters. The molecule has 2 N–H and O–H groups in total. The van der Waals surface area contributed by atoms with Gasteiger partial charge in [-0.15, -0.1) is 0 Å². The van der Waals surface area contributed by atoms with Gasteiger partial charge in [-0.2, -0.15) is 5.26 Å². The van der Waals surface area contributed by atoms with E-state index >= 15 is 0 Å². The summed E-state index contributed by atoms with van der Waals surface area (Å²) in [6.45, 7) is 1.88. The van der Waals surface area contributed by atoms with E-state index in [1.165, 1.54) is 25.2 Å². The maximum Gasteiger partial charge on any atom is 0.307 e. The number of hydrogen-bond acceptors (Lipinski definition) is 6. The second-order valence-corrected chi connectivity index (χ2v) is 6.26. The number of rotatable bonds is 6. The summed E-state index contributed by atoms with van der Waals surface area (Å²) in [7, 11) is -2.52. The molecule has 0 aliphatic rings. The molecule has 114 valence electrons. The molecule has 7 nitrogen and oxygen atoms in total. The van der Waals surface area contributed by atoms with Crippen molar-refractivity contribution in [2.45, 2.75) is 18.2 Å². The van der Waals surface area contributed by atoms with Gasteiger partial charge in [0.1, 0.15) is 11.0 Å². The number of anilines is 1. The standard InChI is InChI=1S/C13H17N3O4S/c1-3-20-13(17)6-7-16(2)21(18,19)12-5-4-11(15)8-10(12)9-14/h4-5,8H,3,6-7,15H2,1-2H3. The Balaban J connectivity index is 2.96. The highest BCUT2D eigenvalue weighted by atomic mass is 32.2. The average Bonchev–Trinajstić information content (AvgIpc) is 2.44. The number of esters is 1. The molecule has 21 heavy (non-hydrogen) atoms. The molecule has 0 aromatic heterocycles. The van der Waals surface area contributed by atoms with Crippen LogP contribution in [0.2, 0.25) is 0 Å². The lowest BCUT2D eigenvalue weighted by Crippen LogP contribution is -2.30. The van der Waals surface area contributed by atoms with E-state index in [1.807, 2.05) is 0 Å². The van der Waals surface area contributed by atoms with Gasteiger partial charge in [-0.25, -0.2) is 12.7 Å². The first kappa shape index (κ1) is 16.9. The Bertz CT molecular complexity index is 664. The van der Waals surface area contributed by atoms with Crippen molar-refractivity contribution in [1.82, 2.24) is 4.31 Å². The number of benzene rings is 1. The van der Waals surface area contributed by atoms with Gasteiger partial charge >= 0.3 is 5.97 Å². The topological polar surface area (TPSA) is 113 Å². The quantitative estimate of drug-likeness (QED) is 0.611. The molecule has 0 amide bonds. The van der Waals surface area contributed by atoms with E-state index in [0.717, 1.165) is 4.31 Å².